The number of benzene rings is 2. The standard InChI is InChI=1S/C22H22F3N5O/c1-30-9-8-14-11-19(31-2)18(10-15(14)13-30)28-21-26-12-17(22(23,24)25)20(29-21)27-16-6-4-3-5-7-16/h3-7,10-12H,8-9,13H2,1-2H3,(H2,26,27,28,29). The van der Waals surface area contributed by atoms with E-state index in [4.69, 9.17) is 4.74 Å². The van der Waals surface area contributed by atoms with Gasteiger partial charge in [0.05, 0.1) is 12.8 Å². The zero-order valence-electron chi connectivity index (χ0n) is 17.1. The summed E-state index contributed by atoms with van der Waals surface area (Å²) in [6.45, 7) is 1.74. The second kappa shape index (κ2) is 8.43. The number of anilines is 4. The lowest BCUT2D eigenvalue weighted by Crippen LogP contribution is -2.26. The van der Waals surface area contributed by atoms with Crippen molar-refractivity contribution >= 4 is 23.1 Å². The molecule has 1 aliphatic rings. The molecule has 0 saturated heterocycles. The van der Waals surface area contributed by atoms with Gasteiger partial charge in [-0.25, -0.2) is 4.98 Å². The van der Waals surface area contributed by atoms with Crippen LogP contribution >= 0.6 is 0 Å². The molecule has 9 heteroatoms. The van der Waals surface area contributed by atoms with Gasteiger partial charge in [0, 0.05) is 25.0 Å². The molecular formula is C22H22F3N5O. The summed E-state index contributed by atoms with van der Waals surface area (Å²) in [5, 5.41) is 5.76. The van der Waals surface area contributed by atoms with Crippen LogP contribution in [0.1, 0.15) is 16.7 Å². The molecule has 0 aliphatic carbocycles. The van der Waals surface area contributed by atoms with Crippen molar-refractivity contribution in [3.63, 3.8) is 0 Å². The predicted octanol–water partition coefficient (Wildman–Crippen LogP) is 4.98. The molecule has 1 aromatic heterocycles. The summed E-state index contributed by atoms with van der Waals surface area (Å²) >= 11 is 0. The van der Waals surface area contributed by atoms with Crippen molar-refractivity contribution in [3.05, 3.63) is 65.4 Å². The van der Waals surface area contributed by atoms with E-state index in [0.717, 1.165) is 31.3 Å². The van der Waals surface area contributed by atoms with Crippen molar-refractivity contribution < 1.29 is 17.9 Å². The molecule has 1 aliphatic heterocycles. The Morgan fingerprint density at radius 2 is 1.84 bits per heavy atom. The lowest BCUT2D eigenvalue weighted by Gasteiger charge is -2.26. The molecule has 162 valence electrons. The minimum atomic E-state index is -4.59. The van der Waals surface area contributed by atoms with Gasteiger partial charge in [-0.15, -0.1) is 0 Å². The van der Waals surface area contributed by atoms with E-state index in [9.17, 15) is 13.2 Å². The van der Waals surface area contributed by atoms with Gasteiger partial charge in [-0.3, -0.25) is 0 Å². The van der Waals surface area contributed by atoms with Crippen molar-refractivity contribution in [3.8, 4) is 5.75 Å². The van der Waals surface area contributed by atoms with Crippen LogP contribution in [0, 0.1) is 0 Å². The second-order valence-corrected chi connectivity index (χ2v) is 7.38. The number of nitrogens with zero attached hydrogens (tertiary/aromatic N) is 3. The highest BCUT2D eigenvalue weighted by molar-refractivity contribution is 5.67. The SMILES string of the molecule is COc1cc2c(cc1Nc1ncc(C(F)(F)F)c(Nc3ccccc3)n1)CN(C)CC2. The summed E-state index contributed by atoms with van der Waals surface area (Å²) in [4.78, 5) is 10.2. The third-order valence-corrected chi connectivity index (χ3v) is 5.10. The van der Waals surface area contributed by atoms with Gasteiger partial charge in [0.15, 0.2) is 0 Å². The van der Waals surface area contributed by atoms with Crippen LogP contribution in [-0.4, -0.2) is 35.6 Å². The number of alkyl halides is 3. The Balaban J connectivity index is 1.69. The molecule has 31 heavy (non-hydrogen) atoms. The van der Waals surface area contributed by atoms with E-state index in [-0.39, 0.29) is 11.8 Å². The summed E-state index contributed by atoms with van der Waals surface area (Å²) in [6.07, 6.45) is -2.91. The Morgan fingerprint density at radius 1 is 1.06 bits per heavy atom. The number of fused-ring (bicyclic) bond motifs is 1. The largest absolute Gasteiger partial charge is 0.495 e. The fraction of sp³-hybridized carbons (Fsp3) is 0.273. The minimum Gasteiger partial charge on any atom is -0.495 e. The molecule has 0 saturated carbocycles. The molecule has 6 nitrogen and oxygen atoms in total. The van der Waals surface area contributed by atoms with Gasteiger partial charge in [0.2, 0.25) is 5.95 Å². The van der Waals surface area contributed by atoms with Gasteiger partial charge in [0.25, 0.3) is 0 Å². The zero-order valence-corrected chi connectivity index (χ0v) is 17.1. The quantitative estimate of drug-likeness (QED) is 0.597. The molecule has 4 rings (SSSR count). The molecule has 0 spiro atoms. The van der Waals surface area contributed by atoms with E-state index in [2.05, 4.69) is 25.5 Å². The van der Waals surface area contributed by atoms with Gasteiger partial charge >= 0.3 is 6.18 Å². The number of methoxy groups -OCH3 is 1. The average molecular weight is 429 g/mol. The van der Waals surface area contributed by atoms with Crippen LogP contribution in [0.5, 0.6) is 5.75 Å². The molecule has 0 amide bonds. The molecule has 2 aromatic carbocycles. The van der Waals surface area contributed by atoms with Crippen LogP contribution in [0.2, 0.25) is 0 Å². The smallest absolute Gasteiger partial charge is 0.421 e. The Morgan fingerprint density at radius 3 is 2.55 bits per heavy atom. The van der Waals surface area contributed by atoms with Gasteiger partial charge in [0.1, 0.15) is 17.1 Å². The molecule has 0 unspecified atom stereocenters. The number of halogens is 3. The number of nitrogens with one attached hydrogen (secondary N) is 2. The Bertz CT molecular complexity index is 1070. The number of rotatable bonds is 5. The highest BCUT2D eigenvalue weighted by Gasteiger charge is 2.35. The fourth-order valence-corrected chi connectivity index (χ4v) is 3.52. The maximum absolute atomic E-state index is 13.5. The molecule has 2 heterocycles. The first-order valence-corrected chi connectivity index (χ1v) is 9.75. The van der Waals surface area contributed by atoms with Gasteiger partial charge in [-0.2, -0.15) is 18.2 Å². The third-order valence-electron chi connectivity index (χ3n) is 5.10. The van der Waals surface area contributed by atoms with Crippen molar-refractivity contribution in [2.45, 2.75) is 19.1 Å². The lowest BCUT2D eigenvalue weighted by atomic mass is 9.99. The Hall–Kier alpha value is -3.33. The maximum atomic E-state index is 13.5. The predicted molar refractivity (Wildman–Crippen MR) is 113 cm³/mol. The summed E-state index contributed by atoms with van der Waals surface area (Å²) in [5.41, 5.74) is 2.47. The first kappa shape index (κ1) is 20.9. The van der Waals surface area contributed by atoms with Gasteiger partial charge in [-0.1, -0.05) is 18.2 Å². The van der Waals surface area contributed by atoms with Crippen LogP contribution < -0.4 is 15.4 Å². The number of aromatic nitrogens is 2. The summed E-state index contributed by atoms with van der Waals surface area (Å²) in [6, 6.07) is 12.5. The minimum absolute atomic E-state index is 0.0360. The molecule has 3 aromatic rings. The average Bonchev–Trinajstić information content (AvgIpc) is 2.73. The highest BCUT2D eigenvalue weighted by atomic mass is 19.4. The van der Waals surface area contributed by atoms with E-state index < -0.39 is 11.7 Å². The highest BCUT2D eigenvalue weighted by Crippen LogP contribution is 2.37. The maximum Gasteiger partial charge on any atom is 0.421 e. The number of ether oxygens (including phenoxy) is 1. The topological polar surface area (TPSA) is 62.3 Å². The lowest BCUT2D eigenvalue weighted by molar-refractivity contribution is -0.137. The zero-order chi connectivity index (χ0) is 22.0. The van der Waals surface area contributed by atoms with Crippen LogP contribution in [0.25, 0.3) is 0 Å². The molecule has 2 N–H and O–H groups in total. The summed E-state index contributed by atoms with van der Waals surface area (Å²) in [7, 11) is 3.60. The molecule has 0 bridgehead atoms. The van der Waals surface area contributed by atoms with E-state index in [1.165, 1.54) is 5.56 Å². The van der Waals surface area contributed by atoms with Crippen molar-refractivity contribution in [2.75, 3.05) is 31.3 Å². The number of para-hydroxylation sites is 1. The molecule has 0 atom stereocenters. The first-order chi connectivity index (χ1) is 14.8. The van der Waals surface area contributed by atoms with Crippen LogP contribution in [-0.2, 0) is 19.1 Å². The van der Waals surface area contributed by atoms with Gasteiger partial charge < -0.3 is 20.3 Å². The molecular weight excluding hydrogens is 407 g/mol. The van der Waals surface area contributed by atoms with E-state index >= 15 is 0 Å². The third kappa shape index (κ3) is 4.72. The van der Waals surface area contributed by atoms with E-state index in [1.807, 2.05) is 19.2 Å². The van der Waals surface area contributed by atoms with E-state index in [0.29, 0.717) is 17.1 Å². The normalized spacial score (nSPS) is 14.1. The number of hydrogen-bond acceptors (Lipinski definition) is 6. The monoisotopic (exact) mass is 429 g/mol. The van der Waals surface area contributed by atoms with Crippen molar-refractivity contribution in [2.24, 2.45) is 0 Å². The van der Waals surface area contributed by atoms with Crippen LogP contribution in [0.4, 0.5) is 36.3 Å². The summed E-state index contributed by atoms with van der Waals surface area (Å²) in [5.74, 6) is 0.297. The van der Waals surface area contributed by atoms with Crippen LogP contribution in [0.3, 0.4) is 0 Å². The van der Waals surface area contributed by atoms with Crippen LogP contribution in [0.15, 0.2) is 48.7 Å². The van der Waals surface area contributed by atoms with Gasteiger partial charge in [-0.05, 0) is 48.9 Å². The van der Waals surface area contributed by atoms with Crippen molar-refractivity contribution in [1.82, 2.24) is 14.9 Å². The number of hydrogen-bond donors (Lipinski definition) is 2. The second-order valence-electron chi connectivity index (χ2n) is 7.38. The fourth-order valence-electron chi connectivity index (χ4n) is 3.52. The van der Waals surface area contributed by atoms with Crippen molar-refractivity contribution in [1.29, 1.82) is 0 Å². The Labute approximate surface area is 178 Å². The Kier molecular flexibility index (Phi) is 5.69. The molecule has 0 radical (unpaired) electrons. The van der Waals surface area contributed by atoms with E-state index in [1.54, 1.807) is 37.4 Å². The number of likely N-dealkylation sites (N-methyl/N-ethyl adjacent to an activating group) is 1. The molecule has 0 fully saturated rings. The first-order valence-electron chi connectivity index (χ1n) is 9.75. The summed E-state index contributed by atoms with van der Waals surface area (Å²) < 4.78 is 46.0.